The number of rotatable bonds is 3. The van der Waals surface area contributed by atoms with Crippen LogP contribution in [-0.2, 0) is 6.42 Å². The maximum absolute atomic E-state index is 9.84. The summed E-state index contributed by atoms with van der Waals surface area (Å²) >= 11 is 4.51. The molecule has 2 rings (SSSR count). The molecule has 1 atom stereocenters. The van der Waals surface area contributed by atoms with Crippen molar-refractivity contribution in [3.8, 4) is 0 Å². The highest BCUT2D eigenvalue weighted by atomic mass is 79.9. The molecule has 0 aliphatic rings. The minimum Gasteiger partial charge on any atom is -0.386 e. The van der Waals surface area contributed by atoms with E-state index in [2.05, 4.69) is 24.7 Å². The molecule has 78 valence electrons. The van der Waals surface area contributed by atoms with Gasteiger partial charge in [0, 0.05) is 10.9 Å². The number of aliphatic hydroxyl groups is 1. The van der Waals surface area contributed by atoms with E-state index >= 15 is 0 Å². The second-order valence-corrected chi connectivity index (χ2v) is 4.65. The van der Waals surface area contributed by atoms with Crippen LogP contribution in [0.2, 0.25) is 0 Å². The molecule has 5 heteroatoms. The number of hydrogen-bond acceptors (Lipinski definition) is 4. The van der Waals surface area contributed by atoms with Gasteiger partial charge >= 0.3 is 0 Å². The summed E-state index contributed by atoms with van der Waals surface area (Å²) in [5.74, 6) is 0. The summed E-state index contributed by atoms with van der Waals surface area (Å²) in [6.45, 7) is 0. The van der Waals surface area contributed by atoms with Crippen LogP contribution in [0.25, 0.3) is 0 Å². The molecule has 1 aromatic carbocycles. The Morgan fingerprint density at radius 2 is 2.33 bits per heavy atom. The average molecular weight is 285 g/mol. The summed E-state index contributed by atoms with van der Waals surface area (Å²) in [7, 11) is 0. The number of benzene rings is 1. The molecule has 0 aliphatic carbocycles. The zero-order chi connectivity index (χ0) is 10.7. The third-order valence-corrected chi connectivity index (χ3v) is 3.02. The van der Waals surface area contributed by atoms with Crippen LogP contribution in [0.15, 0.2) is 34.9 Å². The lowest BCUT2D eigenvalue weighted by molar-refractivity contribution is 0.174. The molecule has 0 saturated carbocycles. The van der Waals surface area contributed by atoms with Gasteiger partial charge in [-0.3, -0.25) is 0 Å². The quantitative estimate of drug-likeness (QED) is 0.942. The van der Waals surface area contributed by atoms with E-state index in [0.717, 1.165) is 21.8 Å². The Hall–Kier alpha value is -0.780. The first-order chi connectivity index (χ1) is 7.25. The molecule has 15 heavy (non-hydrogen) atoms. The monoisotopic (exact) mass is 284 g/mol. The maximum atomic E-state index is 9.84. The van der Waals surface area contributed by atoms with Gasteiger partial charge in [-0.1, -0.05) is 28.1 Å². The highest BCUT2D eigenvalue weighted by Gasteiger charge is 2.11. The number of aromatic nitrogens is 2. The summed E-state index contributed by atoms with van der Waals surface area (Å²) in [4.78, 5) is 0. The van der Waals surface area contributed by atoms with Crippen LogP contribution in [0, 0.1) is 0 Å². The number of nitrogens with zero attached hydrogens (tertiary/aromatic N) is 2. The van der Waals surface area contributed by atoms with E-state index in [9.17, 15) is 5.11 Å². The van der Waals surface area contributed by atoms with E-state index in [0.29, 0.717) is 12.1 Å². The van der Waals surface area contributed by atoms with Crippen LogP contribution in [0.5, 0.6) is 0 Å². The van der Waals surface area contributed by atoms with Gasteiger partial charge < -0.3 is 5.11 Å². The topological polar surface area (TPSA) is 46.0 Å². The normalized spacial score (nSPS) is 12.7. The van der Waals surface area contributed by atoms with E-state index in [4.69, 9.17) is 0 Å². The van der Waals surface area contributed by atoms with Crippen molar-refractivity contribution in [3.63, 3.8) is 0 Å². The molecule has 1 N–H and O–H groups in total. The van der Waals surface area contributed by atoms with Crippen LogP contribution in [0.1, 0.15) is 17.4 Å². The van der Waals surface area contributed by atoms with Crippen molar-refractivity contribution >= 4 is 27.7 Å². The molecular weight excluding hydrogens is 276 g/mol. The first-order valence-corrected chi connectivity index (χ1v) is 5.98. The number of hydrogen-bond donors (Lipinski definition) is 1. The van der Waals surface area contributed by atoms with Crippen LogP contribution < -0.4 is 0 Å². The highest BCUT2D eigenvalue weighted by molar-refractivity contribution is 9.10. The van der Waals surface area contributed by atoms with E-state index in [1.54, 1.807) is 6.20 Å². The van der Waals surface area contributed by atoms with Crippen molar-refractivity contribution in [2.24, 2.45) is 0 Å². The van der Waals surface area contributed by atoms with Gasteiger partial charge in [0.25, 0.3) is 0 Å². The standard InChI is InChI=1S/C10H9BrN2OS/c11-8-3-1-2-7(4-8)5-10(14)9-6-12-15-13-9/h1-4,6,10,14H,5H2. The molecule has 3 nitrogen and oxygen atoms in total. The summed E-state index contributed by atoms with van der Waals surface area (Å²) in [6.07, 6.45) is 1.59. The lowest BCUT2D eigenvalue weighted by atomic mass is 10.1. The smallest absolute Gasteiger partial charge is 0.103 e. The molecule has 0 bridgehead atoms. The molecule has 0 aliphatic heterocycles. The summed E-state index contributed by atoms with van der Waals surface area (Å²) < 4.78 is 8.88. The predicted octanol–water partition coefficient (Wildman–Crippen LogP) is 2.58. The Morgan fingerprint density at radius 3 is 3.00 bits per heavy atom. The van der Waals surface area contributed by atoms with Gasteiger partial charge in [-0.2, -0.15) is 8.75 Å². The molecule has 0 radical (unpaired) electrons. The predicted molar refractivity (Wildman–Crippen MR) is 62.7 cm³/mol. The van der Waals surface area contributed by atoms with Crippen molar-refractivity contribution in [2.75, 3.05) is 0 Å². The lowest BCUT2D eigenvalue weighted by Crippen LogP contribution is -2.01. The summed E-state index contributed by atoms with van der Waals surface area (Å²) in [5, 5.41) is 9.84. The molecule has 0 saturated heterocycles. The summed E-state index contributed by atoms with van der Waals surface area (Å²) in [6, 6.07) is 7.88. The Labute approximate surface area is 100 Å². The van der Waals surface area contributed by atoms with Gasteiger partial charge in [0.15, 0.2) is 0 Å². The molecule has 0 fully saturated rings. The fourth-order valence-corrected chi connectivity index (χ4v) is 2.22. The molecular formula is C10H9BrN2OS. The van der Waals surface area contributed by atoms with Gasteiger partial charge in [0.05, 0.1) is 17.9 Å². The first-order valence-electron chi connectivity index (χ1n) is 4.45. The Kier molecular flexibility index (Phi) is 3.45. The van der Waals surface area contributed by atoms with E-state index in [1.807, 2.05) is 24.3 Å². The van der Waals surface area contributed by atoms with Crippen molar-refractivity contribution in [1.29, 1.82) is 0 Å². The van der Waals surface area contributed by atoms with E-state index in [1.165, 1.54) is 0 Å². The Balaban J connectivity index is 2.09. The van der Waals surface area contributed by atoms with Gasteiger partial charge in [0.1, 0.15) is 11.8 Å². The third kappa shape index (κ3) is 2.84. The molecule has 1 heterocycles. The lowest BCUT2D eigenvalue weighted by Gasteiger charge is -2.07. The SMILES string of the molecule is OC(Cc1cccc(Br)c1)c1cnsn1. The third-order valence-electron chi connectivity index (χ3n) is 2.04. The van der Waals surface area contributed by atoms with Gasteiger partial charge in [-0.25, -0.2) is 0 Å². The van der Waals surface area contributed by atoms with Crippen LogP contribution in [0.3, 0.4) is 0 Å². The van der Waals surface area contributed by atoms with Gasteiger partial charge in [0.2, 0.25) is 0 Å². The summed E-state index contributed by atoms with van der Waals surface area (Å²) in [5.41, 5.74) is 1.71. The second kappa shape index (κ2) is 4.83. The van der Waals surface area contributed by atoms with Crippen LogP contribution in [-0.4, -0.2) is 13.9 Å². The fourth-order valence-electron chi connectivity index (χ4n) is 1.31. The zero-order valence-electron chi connectivity index (χ0n) is 7.80. The minimum absolute atomic E-state index is 0.560. The van der Waals surface area contributed by atoms with Crippen molar-refractivity contribution in [1.82, 2.24) is 8.75 Å². The molecule has 1 unspecified atom stereocenters. The largest absolute Gasteiger partial charge is 0.386 e. The first kappa shape index (κ1) is 10.7. The van der Waals surface area contributed by atoms with E-state index in [-0.39, 0.29) is 0 Å². The average Bonchev–Trinajstić information content (AvgIpc) is 2.70. The second-order valence-electron chi connectivity index (χ2n) is 3.18. The van der Waals surface area contributed by atoms with Gasteiger partial charge in [-0.05, 0) is 17.7 Å². The van der Waals surface area contributed by atoms with Crippen molar-refractivity contribution < 1.29 is 5.11 Å². The molecule has 0 spiro atoms. The Morgan fingerprint density at radius 1 is 1.47 bits per heavy atom. The maximum Gasteiger partial charge on any atom is 0.103 e. The minimum atomic E-state index is -0.571. The highest BCUT2D eigenvalue weighted by Crippen LogP contribution is 2.19. The number of halogens is 1. The molecule has 2 aromatic rings. The van der Waals surface area contributed by atoms with Crippen molar-refractivity contribution in [2.45, 2.75) is 12.5 Å². The Bertz CT molecular complexity index is 433. The van der Waals surface area contributed by atoms with Gasteiger partial charge in [-0.15, -0.1) is 0 Å². The zero-order valence-corrected chi connectivity index (χ0v) is 10.2. The fraction of sp³-hybridized carbons (Fsp3) is 0.200. The number of aliphatic hydroxyl groups excluding tert-OH is 1. The van der Waals surface area contributed by atoms with Crippen molar-refractivity contribution in [3.05, 3.63) is 46.2 Å². The van der Waals surface area contributed by atoms with Crippen LogP contribution >= 0.6 is 27.7 Å². The molecule has 0 amide bonds. The van der Waals surface area contributed by atoms with Crippen LogP contribution in [0.4, 0.5) is 0 Å². The molecule has 1 aromatic heterocycles. The van der Waals surface area contributed by atoms with E-state index < -0.39 is 6.10 Å².